The van der Waals surface area contributed by atoms with Gasteiger partial charge in [-0.1, -0.05) is 64.3 Å². The van der Waals surface area contributed by atoms with Crippen molar-refractivity contribution >= 4 is 22.6 Å². The molecule has 1 amide bonds. The van der Waals surface area contributed by atoms with Gasteiger partial charge in [0.1, 0.15) is 11.3 Å². The fraction of sp³-hybridized carbons (Fsp3) is 0.385. The van der Waals surface area contributed by atoms with E-state index in [0.29, 0.717) is 22.4 Å². The van der Waals surface area contributed by atoms with Crippen LogP contribution in [0.5, 0.6) is 0 Å². The first-order valence-corrected chi connectivity index (χ1v) is 10.8. The zero-order chi connectivity index (χ0) is 21.3. The summed E-state index contributed by atoms with van der Waals surface area (Å²) >= 11 is 0. The average Bonchev–Trinajstić information content (AvgIpc) is 2.73. The molecule has 1 saturated carbocycles. The second-order valence-electron chi connectivity index (χ2n) is 9.34. The summed E-state index contributed by atoms with van der Waals surface area (Å²) in [7, 11) is 0. The highest BCUT2D eigenvalue weighted by Crippen LogP contribution is 2.29. The van der Waals surface area contributed by atoms with E-state index in [1.165, 1.54) is 18.1 Å². The highest BCUT2D eigenvalue weighted by molar-refractivity contribution is 5.94. The molecule has 0 radical (unpaired) electrons. The zero-order valence-corrected chi connectivity index (χ0v) is 18.0. The van der Waals surface area contributed by atoms with Gasteiger partial charge in [0.25, 0.3) is 0 Å². The second kappa shape index (κ2) is 8.10. The molecule has 0 unspecified atom stereocenters. The van der Waals surface area contributed by atoms with Gasteiger partial charge in [0, 0.05) is 29.3 Å². The van der Waals surface area contributed by atoms with Gasteiger partial charge >= 0.3 is 0 Å². The Balaban J connectivity index is 1.63. The summed E-state index contributed by atoms with van der Waals surface area (Å²) < 4.78 is 6.07. The second-order valence-corrected chi connectivity index (χ2v) is 9.34. The Labute approximate surface area is 177 Å². The summed E-state index contributed by atoms with van der Waals surface area (Å²) in [5.74, 6) is 0.670. The maximum absolute atomic E-state index is 12.6. The minimum absolute atomic E-state index is 0.0605. The molecule has 4 rings (SSSR count). The van der Waals surface area contributed by atoms with Crippen LogP contribution in [0.4, 0.5) is 5.69 Å². The lowest BCUT2D eigenvalue weighted by molar-refractivity contribution is -0.120. The van der Waals surface area contributed by atoms with Crippen LogP contribution in [0, 0.1) is 5.92 Å². The van der Waals surface area contributed by atoms with Crippen molar-refractivity contribution < 1.29 is 9.21 Å². The summed E-state index contributed by atoms with van der Waals surface area (Å²) in [6.45, 7) is 6.50. The van der Waals surface area contributed by atoms with E-state index < -0.39 is 0 Å². The maximum atomic E-state index is 12.6. The third kappa shape index (κ3) is 4.33. The topological polar surface area (TPSA) is 59.3 Å². The Morgan fingerprint density at radius 2 is 1.67 bits per heavy atom. The molecule has 1 aliphatic carbocycles. The van der Waals surface area contributed by atoms with E-state index in [9.17, 15) is 9.59 Å². The van der Waals surface area contributed by atoms with Gasteiger partial charge in [-0.15, -0.1) is 0 Å². The van der Waals surface area contributed by atoms with Crippen LogP contribution in [0.15, 0.2) is 57.7 Å². The number of carbonyl (C=O) groups excluding carboxylic acids is 1. The number of anilines is 1. The third-order valence-electron chi connectivity index (χ3n) is 6.01. The van der Waals surface area contributed by atoms with Gasteiger partial charge in [0.2, 0.25) is 5.91 Å². The van der Waals surface area contributed by atoms with Gasteiger partial charge in [-0.05, 0) is 36.0 Å². The van der Waals surface area contributed by atoms with Gasteiger partial charge in [-0.2, -0.15) is 0 Å². The first kappa shape index (κ1) is 20.4. The fourth-order valence-corrected chi connectivity index (χ4v) is 4.12. The maximum Gasteiger partial charge on any atom is 0.227 e. The number of hydrogen-bond acceptors (Lipinski definition) is 3. The van der Waals surface area contributed by atoms with Crippen LogP contribution in [0.3, 0.4) is 0 Å². The minimum Gasteiger partial charge on any atom is -0.456 e. The molecular formula is C26H29NO3. The number of amides is 1. The van der Waals surface area contributed by atoms with E-state index >= 15 is 0 Å². The molecule has 1 aliphatic rings. The number of rotatable bonds is 3. The largest absolute Gasteiger partial charge is 0.456 e. The van der Waals surface area contributed by atoms with E-state index in [4.69, 9.17) is 4.42 Å². The van der Waals surface area contributed by atoms with E-state index in [1.807, 2.05) is 12.1 Å². The highest BCUT2D eigenvalue weighted by Gasteiger charge is 2.21. The van der Waals surface area contributed by atoms with E-state index in [1.54, 1.807) is 18.2 Å². The van der Waals surface area contributed by atoms with Gasteiger partial charge in [0.15, 0.2) is 5.43 Å². The van der Waals surface area contributed by atoms with Crippen molar-refractivity contribution in [2.24, 2.45) is 5.92 Å². The van der Waals surface area contributed by atoms with Crippen LogP contribution in [0.25, 0.3) is 22.3 Å². The number of benzene rings is 2. The molecule has 4 heteroatoms. The lowest BCUT2D eigenvalue weighted by Gasteiger charge is -2.20. The van der Waals surface area contributed by atoms with Gasteiger partial charge in [0.05, 0.1) is 5.39 Å². The summed E-state index contributed by atoms with van der Waals surface area (Å²) in [4.78, 5) is 25.2. The van der Waals surface area contributed by atoms with E-state index in [2.05, 4.69) is 38.2 Å². The highest BCUT2D eigenvalue weighted by atomic mass is 16.3. The summed E-state index contributed by atoms with van der Waals surface area (Å²) in [6, 6.07) is 14.9. The molecule has 1 N–H and O–H groups in total. The standard InChI is InChI=1S/C26H29NO3/c1-26(2,3)19-11-9-17(10-12-19)23-16-22(28)21-14-13-20(15-24(21)30-23)27-25(29)18-7-5-4-6-8-18/h9-16,18H,4-8H2,1-3H3,(H,27,29). The molecule has 4 nitrogen and oxygen atoms in total. The molecule has 156 valence electrons. The smallest absolute Gasteiger partial charge is 0.227 e. The van der Waals surface area contributed by atoms with Crippen molar-refractivity contribution in [1.82, 2.24) is 0 Å². The Hall–Kier alpha value is -2.88. The predicted octanol–water partition coefficient (Wildman–Crippen LogP) is 6.28. The van der Waals surface area contributed by atoms with Crippen LogP contribution in [0.1, 0.15) is 58.4 Å². The lowest BCUT2D eigenvalue weighted by Crippen LogP contribution is -2.24. The minimum atomic E-state index is -0.0868. The summed E-state index contributed by atoms with van der Waals surface area (Å²) in [5, 5.41) is 3.52. The van der Waals surface area contributed by atoms with Gasteiger partial charge in [-0.3, -0.25) is 9.59 Å². The molecule has 0 aliphatic heterocycles. The Morgan fingerprint density at radius 3 is 2.33 bits per heavy atom. The van der Waals surface area contributed by atoms with Crippen LogP contribution in [0.2, 0.25) is 0 Å². The quantitative estimate of drug-likeness (QED) is 0.560. The zero-order valence-electron chi connectivity index (χ0n) is 18.0. The van der Waals surface area contributed by atoms with Crippen molar-refractivity contribution in [2.45, 2.75) is 58.3 Å². The van der Waals surface area contributed by atoms with Crippen LogP contribution >= 0.6 is 0 Å². The first-order chi connectivity index (χ1) is 14.3. The molecule has 0 atom stereocenters. The van der Waals surface area contributed by atoms with Crippen molar-refractivity contribution in [2.75, 3.05) is 5.32 Å². The molecule has 1 aromatic heterocycles. The Morgan fingerprint density at radius 1 is 0.967 bits per heavy atom. The van der Waals surface area contributed by atoms with Crippen LogP contribution in [-0.4, -0.2) is 5.91 Å². The van der Waals surface area contributed by atoms with Gasteiger partial charge in [-0.25, -0.2) is 0 Å². The average molecular weight is 404 g/mol. The Kier molecular flexibility index (Phi) is 5.50. The monoisotopic (exact) mass is 403 g/mol. The molecule has 1 fully saturated rings. The number of nitrogens with one attached hydrogen (secondary N) is 1. The molecule has 3 aromatic rings. The Bertz CT molecular complexity index is 1110. The van der Waals surface area contributed by atoms with Crippen molar-refractivity contribution in [3.05, 3.63) is 64.3 Å². The number of hydrogen-bond donors (Lipinski definition) is 1. The van der Waals surface area contributed by atoms with Crippen molar-refractivity contribution in [3.8, 4) is 11.3 Å². The first-order valence-electron chi connectivity index (χ1n) is 10.8. The van der Waals surface area contributed by atoms with Gasteiger partial charge < -0.3 is 9.73 Å². The SMILES string of the molecule is CC(C)(C)c1ccc(-c2cc(=O)c3ccc(NC(=O)C4CCCCC4)cc3o2)cc1. The fourth-order valence-electron chi connectivity index (χ4n) is 4.12. The van der Waals surface area contributed by atoms with Crippen LogP contribution < -0.4 is 10.7 Å². The molecular weight excluding hydrogens is 374 g/mol. The van der Waals surface area contributed by atoms with Crippen molar-refractivity contribution in [1.29, 1.82) is 0 Å². The van der Waals surface area contributed by atoms with E-state index in [-0.39, 0.29) is 22.7 Å². The molecule has 0 bridgehead atoms. The normalized spacial score (nSPS) is 15.3. The van der Waals surface area contributed by atoms with Crippen molar-refractivity contribution in [3.63, 3.8) is 0 Å². The molecule has 1 heterocycles. The lowest BCUT2D eigenvalue weighted by atomic mass is 9.86. The summed E-state index contributed by atoms with van der Waals surface area (Å²) in [6.07, 6.45) is 5.33. The predicted molar refractivity (Wildman–Crippen MR) is 122 cm³/mol. The number of fused-ring (bicyclic) bond motifs is 1. The molecule has 30 heavy (non-hydrogen) atoms. The van der Waals surface area contributed by atoms with Crippen LogP contribution in [-0.2, 0) is 10.2 Å². The molecule has 0 saturated heterocycles. The van der Waals surface area contributed by atoms with E-state index in [0.717, 1.165) is 31.2 Å². The third-order valence-corrected chi connectivity index (χ3v) is 6.01. The number of carbonyl (C=O) groups is 1. The molecule has 2 aromatic carbocycles. The summed E-state index contributed by atoms with van der Waals surface area (Å²) in [5.41, 5.74) is 3.21. The molecule has 0 spiro atoms.